The lowest BCUT2D eigenvalue weighted by Gasteiger charge is -2.25. The van der Waals surface area contributed by atoms with E-state index in [0.717, 1.165) is 37.7 Å². The van der Waals surface area contributed by atoms with Crippen LogP contribution in [-0.4, -0.2) is 47.7 Å². The third kappa shape index (κ3) is 10.2. The zero-order valence-electron chi connectivity index (χ0n) is 20.4. The van der Waals surface area contributed by atoms with Crippen molar-refractivity contribution in [2.45, 2.75) is 96.6 Å². The van der Waals surface area contributed by atoms with Crippen LogP contribution in [-0.2, 0) is 35.2 Å². The number of amides is 2. The molecular formula is C25H36N2O7. The highest BCUT2D eigenvalue weighted by molar-refractivity contribution is 5.92. The van der Waals surface area contributed by atoms with Gasteiger partial charge in [0.1, 0.15) is 30.4 Å². The van der Waals surface area contributed by atoms with Gasteiger partial charge in [-0.1, -0.05) is 36.8 Å². The van der Waals surface area contributed by atoms with Crippen molar-refractivity contribution in [3.8, 4) is 0 Å². The van der Waals surface area contributed by atoms with Crippen LogP contribution in [0.15, 0.2) is 30.3 Å². The normalized spacial score (nSPS) is 16.0. The van der Waals surface area contributed by atoms with Crippen LogP contribution in [0.5, 0.6) is 0 Å². The summed E-state index contributed by atoms with van der Waals surface area (Å²) < 4.78 is 15.9. The Balaban J connectivity index is 1.96. The number of rotatable bonds is 9. The molecule has 188 valence electrons. The van der Waals surface area contributed by atoms with E-state index >= 15 is 0 Å². The lowest BCUT2D eigenvalue weighted by Crippen LogP contribution is -2.52. The Kier molecular flexibility index (Phi) is 10.3. The molecule has 0 bridgehead atoms. The van der Waals surface area contributed by atoms with Crippen LogP contribution in [0, 0.1) is 0 Å². The van der Waals surface area contributed by atoms with E-state index < -0.39 is 41.6 Å². The second-order valence-electron chi connectivity index (χ2n) is 9.48. The van der Waals surface area contributed by atoms with Crippen molar-refractivity contribution in [2.24, 2.45) is 0 Å². The summed E-state index contributed by atoms with van der Waals surface area (Å²) in [5.41, 5.74) is 0.0201. The number of alkyl carbamates (subject to hydrolysis) is 1. The van der Waals surface area contributed by atoms with Crippen molar-refractivity contribution in [1.29, 1.82) is 0 Å². The van der Waals surface area contributed by atoms with E-state index in [4.69, 9.17) is 14.2 Å². The Bertz CT molecular complexity index is 829. The predicted octanol–water partition coefficient (Wildman–Crippen LogP) is 3.39. The summed E-state index contributed by atoms with van der Waals surface area (Å²) in [4.78, 5) is 49.9. The van der Waals surface area contributed by atoms with Crippen LogP contribution < -0.4 is 10.6 Å². The van der Waals surface area contributed by atoms with E-state index in [1.165, 1.54) is 6.92 Å². The Morgan fingerprint density at radius 2 is 1.65 bits per heavy atom. The molecule has 1 aliphatic carbocycles. The molecule has 0 aromatic heterocycles. The lowest BCUT2D eigenvalue weighted by atomic mass is 9.98. The third-order valence-corrected chi connectivity index (χ3v) is 5.16. The molecule has 34 heavy (non-hydrogen) atoms. The molecular weight excluding hydrogens is 440 g/mol. The summed E-state index contributed by atoms with van der Waals surface area (Å²) in [7, 11) is 0. The van der Waals surface area contributed by atoms with Gasteiger partial charge in [-0.25, -0.2) is 9.59 Å². The van der Waals surface area contributed by atoms with Crippen LogP contribution >= 0.6 is 0 Å². The standard InChI is InChI=1S/C25H36N2O7/c1-17(23(30)32-16-18-11-7-5-8-12-18)26-22(29)20(27-24(31)34-25(2,3)4)15-21(28)33-19-13-9-6-10-14-19/h5,7-8,11-12,17,19-20H,6,9-10,13-16H2,1-4H3,(H,26,29)(H,27,31). The largest absolute Gasteiger partial charge is 0.462 e. The molecule has 1 saturated carbocycles. The average Bonchev–Trinajstić information content (AvgIpc) is 2.77. The van der Waals surface area contributed by atoms with Crippen molar-refractivity contribution in [3.63, 3.8) is 0 Å². The number of carbonyl (C=O) groups is 4. The van der Waals surface area contributed by atoms with Gasteiger partial charge in [0.2, 0.25) is 5.91 Å². The van der Waals surface area contributed by atoms with Crippen molar-refractivity contribution in [1.82, 2.24) is 10.6 Å². The Morgan fingerprint density at radius 1 is 1.00 bits per heavy atom. The number of hydrogen-bond acceptors (Lipinski definition) is 7. The van der Waals surface area contributed by atoms with Crippen LogP contribution in [0.4, 0.5) is 4.79 Å². The molecule has 9 nitrogen and oxygen atoms in total. The molecule has 1 aliphatic rings. The van der Waals surface area contributed by atoms with Gasteiger partial charge in [0, 0.05) is 0 Å². The molecule has 1 aromatic rings. The molecule has 2 rings (SSSR count). The minimum atomic E-state index is -1.27. The highest BCUT2D eigenvalue weighted by Crippen LogP contribution is 2.21. The molecule has 0 heterocycles. The fraction of sp³-hybridized carbons (Fsp3) is 0.600. The molecule has 0 aliphatic heterocycles. The first-order valence-corrected chi connectivity index (χ1v) is 11.7. The fourth-order valence-corrected chi connectivity index (χ4v) is 3.47. The quantitative estimate of drug-likeness (QED) is 0.414. The highest BCUT2D eigenvalue weighted by atomic mass is 16.6. The van der Waals surface area contributed by atoms with E-state index in [1.54, 1.807) is 20.8 Å². The highest BCUT2D eigenvalue weighted by Gasteiger charge is 2.30. The minimum absolute atomic E-state index is 0.0627. The minimum Gasteiger partial charge on any atom is -0.462 e. The summed E-state index contributed by atoms with van der Waals surface area (Å²) in [5, 5.41) is 4.92. The van der Waals surface area contributed by atoms with Crippen molar-refractivity contribution >= 4 is 23.9 Å². The average molecular weight is 477 g/mol. The number of ether oxygens (including phenoxy) is 3. The third-order valence-electron chi connectivity index (χ3n) is 5.16. The molecule has 0 spiro atoms. The molecule has 2 amide bonds. The fourth-order valence-electron chi connectivity index (χ4n) is 3.47. The number of hydrogen-bond donors (Lipinski definition) is 2. The Hall–Kier alpha value is -3.10. The number of carbonyl (C=O) groups excluding carboxylic acids is 4. The van der Waals surface area contributed by atoms with E-state index in [-0.39, 0.29) is 19.1 Å². The molecule has 0 radical (unpaired) electrons. The van der Waals surface area contributed by atoms with Crippen LogP contribution in [0.2, 0.25) is 0 Å². The topological polar surface area (TPSA) is 120 Å². The van der Waals surface area contributed by atoms with Crippen molar-refractivity contribution in [2.75, 3.05) is 0 Å². The summed E-state index contributed by atoms with van der Waals surface area (Å²) in [6.45, 7) is 6.58. The number of esters is 2. The molecule has 1 aromatic carbocycles. The monoisotopic (exact) mass is 476 g/mol. The Morgan fingerprint density at radius 3 is 2.26 bits per heavy atom. The molecule has 1 fully saturated rings. The zero-order chi connectivity index (χ0) is 25.1. The zero-order valence-corrected chi connectivity index (χ0v) is 20.4. The van der Waals surface area contributed by atoms with Gasteiger partial charge in [-0.15, -0.1) is 0 Å². The van der Waals surface area contributed by atoms with Gasteiger partial charge in [0.05, 0.1) is 6.42 Å². The van der Waals surface area contributed by atoms with Gasteiger partial charge in [-0.3, -0.25) is 9.59 Å². The second kappa shape index (κ2) is 13.0. The van der Waals surface area contributed by atoms with Gasteiger partial charge in [0.25, 0.3) is 0 Å². The first-order valence-electron chi connectivity index (χ1n) is 11.7. The Labute approximate surface area is 200 Å². The van der Waals surface area contributed by atoms with Gasteiger partial charge in [0.15, 0.2) is 0 Å². The SMILES string of the molecule is CC(NC(=O)C(CC(=O)OC1CCCCC1)NC(=O)OC(C)(C)C)C(=O)OCc1ccccc1. The molecule has 2 atom stereocenters. The van der Waals surface area contributed by atoms with Crippen LogP contribution in [0.3, 0.4) is 0 Å². The predicted molar refractivity (Wildman–Crippen MR) is 125 cm³/mol. The summed E-state index contributed by atoms with van der Waals surface area (Å²) >= 11 is 0. The maximum atomic E-state index is 12.9. The van der Waals surface area contributed by atoms with E-state index in [0.29, 0.717) is 0 Å². The van der Waals surface area contributed by atoms with E-state index in [2.05, 4.69) is 10.6 Å². The summed E-state index contributed by atoms with van der Waals surface area (Å²) in [6.07, 6.45) is 3.24. The van der Waals surface area contributed by atoms with Crippen LogP contribution in [0.25, 0.3) is 0 Å². The summed E-state index contributed by atoms with van der Waals surface area (Å²) in [6, 6.07) is 6.88. The van der Waals surface area contributed by atoms with Crippen molar-refractivity contribution < 1.29 is 33.4 Å². The second-order valence-corrected chi connectivity index (χ2v) is 9.48. The summed E-state index contributed by atoms with van der Waals surface area (Å²) in [5.74, 6) is -1.95. The number of nitrogens with one attached hydrogen (secondary N) is 2. The van der Waals surface area contributed by atoms with Gasteiger partial charge < -0.3 is 24.8 Å². The van der Waals surface area contributed by atoms with E-state index in [9.17, 15) is 19.2 Å². The van der Waals surface area contributed by atoms with E-state index in [1.807, 2.05) is 30.3 Å². The first-order chi connectivity index (χ1) is 16.0. The number of benzene rings is 1. The smallest absolute Gasteiger partial charge is 0.408 e. The molecule has 0 saturated heterocycles. The lowest BCUT2D eigenvalue weighted by molar-refractivity contribution is -0.152. The molecule has 2 N–H and O–H groups in total. The van der Waals surface area contributed by atoms with Crippen molar-refractivity contribution in [3.05, 3.63) is 35.9 Å². The van der Waals surface area contributed by atoms with Gasteiger partial charge in [-0.2, -0.15) is 0 Å². The first kappa shape index (κ1) is 27.1. The maximum Gasteiger partial charge on any atom is 0.408 e. The maximum absolute atomic E-state index is 12.9. The molecule has 2 unspecified atom stereocenters. The van der Waals surface area contributed by atoms with Crippen LogP contribution in [0.1, 0.15) is 71.8 Å². The van der Waals surface area contributed by atoms with Gasteiger partial charge >= 0.3 is 18.0 Å². The molecule has 9 heteroatoms. The van der Waals surface area contributed by atoms with Gasteiger partial charge in [-0.05, 0) is 58.9 Å².